The molecule has 1 aliphatic carbocycles. The topological polar surface area (TPSA) is 74.7 Å². The Hall–Kier alpha value is -2.17. The van der Waals surface area contributed by atoms with Crippen LogP contribution in [0.15, 0.2) is 18.2 Å². The van der Waals surface area contributed by atoms with Gasteiger partial charge in [0.1, 0.15) is 0 Å². The zero-order valence-corrected chi connectivity index (χ0v) is 11.7. The van der Waals surface area contributed by atoms with Crippen molar-refractivity contribution in [2.45, 2.75) is 44.6 Å². The monoisotopic (exact) mass is 287 g/mol. The molecule has 1 fully saturated rings. The zero-order valence-electron chi connectivity index (χ0n) is 11.7. The van der Waals surface area contributed by atoms with Crippen molar-refractivity contribution in [1.82, 2.24) is 4.90 Å². The molecule has 0 spiro atoms. The van der Waals surface area contributed by atoms with E-state index < -0.39 is 5.97 Å². The molecule has 21 heavy (non-hydrogen) atoms. The summed E-state index contributed by atoms with van der Waals surface area (Å²) in [6.07, 6.45) is 6.02. The Morgan fingerprint density at radius 3 is 2.24 bits per heavy atom. The summed E-state index contributed by atoms with van der Waals surface area (Å²) in [7, 11) is 0. The molecule has 1 aromatic carbocycles. The average molecular weight is 287 g/mol. The number of benzene rings is 1. The first-order chi connectivity index (χ1) is 10.1. The van der Waals surface area contributed by atoms with Crippen LogP contribution in [0.3, 0.4) is 0 Å². The fourth-order valence-electron chi connectivity index (χ4n) is 3.24. The molecular formula is C16H17NO4. The molecular weight excluding hydrogens is 270 g/mol. The van der Waals surface area contributed by atoms with Crippen molar-refractivity contribution in [2.24, 2.45) is 0 Å². The maximum atomic E-state index is 12.5. The number of hydrogen-bond acceptors (Lipinski definition) is 3. The van der Waals surface area contributed by atoms with Gasteiger partial charge in [-0.25, -0.2) is 4.79 Å². The number of carboxylic acid groups (broad SMARTS) is 1. The lowest BCUT2D eigenvalue weighted by molar-refractivity contribution is 0.0569. The van der Waals surface area contributed by atoms with Crippen LogP contribution < -0.4 is 0 Å². The Balaban J connectivity index is 1.94. The van der Waals surface area contributed by atoms with Crippen LogP contribution in [0.4, 0.5) is 0 Å². The van der Waals surface area contributed by atoms with Crippen molar-refractivity contribution >= 4 is 17.8 Å². The van der Waals surface area contributed by atoms with Gasteiger partial charge in [0, 0.05) is 6.04 Å². The second-order valence-corrected chi connectivity index (χ2v) is 5.69. The number of hydrogen-bond donors (Lipinski definition) is 1. The van der Waals surface area contributed by atoms with Crippen molar-refractivity contribution in [2.75, 3.05) is 0 Å². The summed E-state index contributed by atoms with van der Waals surface area (Å²) >= 11 is 0. The van der Waals surface area contributed by atoms with Gasteiger partial charge in [-0.3, -0.25) is 14.5 Å². The van der Waals surface area contributed by atoms with Gasteiger partial charge in [-0.2, -0.15) is 0 Å². The molecule has 0 unspecified atom stereocenters. The second kappa shape index (κ2) is 5.31. The molecule has 1 N–H and O–H groups in total. The van der Waals surface area contributed by atoms with Crippen LogP contribution in [0.1, 0.15) is 69.6 Å². The molecule has 5 heteroatoms. The number of carbonyl (C=O) groups excluding carboxylic acids is 2. The Kier molecular flexibility index (Phi) is 3.49. The fourth-order valence-corrected chi connectivity index (χ4v) is 3.24. The van der Waals surface area contributed by atoms with Gasteiger partial charge in [-0.05, 0) is 31.0 Å². The molecule has 1 aliphatic heterocycles. The van der Waals surface area contributed by atoms with Crippen LogP contribution in [0, 0.1) is 0 Å². The predicted molar refractivity (Wildman–Crippen MR) is 75.4 cm³/mol. The largest absolute Gasteiger partial charge is 0.478 e. The average Bonchev–Trinajstić information content (AvgIpc) is 2.67. The SMILES string of the molecule is O=C(O)c1ccc2c(c1)C(=O)N(C1CCCCCC1)C2=O. The Labute approximate surface area is 122 Å². The van der Waals surface area contributed by atoms with Crippen molar-refractivity contribution < 1.29 is 19.5 Å². The number of nitrogens with zero attached hydrogens (tertiary/aromatic N) is 1. The maximum Gasteiger partial charge on any atom is 0.335 e. The van der Waals surface area contributed by atoms with E-state index in [1.54, 1.807) is 0 Å². The van der Waals surface area contributed by atoms with Crippen molar-refractivity contribution in [3.05, 3.63) is 34.9 Å². The Bertz CT molecular complexity index is 615. The third-order valence-corrected chi connectivity index (χ3v) is 4.35. The molecule has 0 bridgehead atoms. The molecule has 5 nitrogen and oxygen atoms in total. The normalized spacial score (nSPS) is 19.5. The highest BCUT2D eigenvalue weighted by molar-refractivity contribution is 6.22. The third-order valence-electron chi connectivity index (χ3n) is 4.35. The smallest absolute Gasteiger partial charge is 0.335 e. The molecule has 2 amide bonds. The van der Waals surface area contributed by atoms with E-state index in [4.69, 9.17) is 5.11 Å². The fraction of sp³-hybridized carbons (Fsp3) is 0.438. The summed E-state index contributed by atoms with van der Waals surface area (Å²) in [6.45, 7) is 0. The van der Waals surface area contributed by atoms with E-state index in [1.807, 2.05) is 0 Å². The van der Waals surface area contributed by atoms with Crippen molar-refractivity contribution in [3.8, 4) is 0 Å². The third kappa shape index (κ3) is 2.33. The highest BCUT2D eigenvalue weighted by Crippen LogP contribution is 2.30. The number of aromatic carboxylic acids is 1. The van der Waals surface area contributed by atoms with E-state index in [1.165, 1.54) is 23.1 Å². The molecule has 0 saturated heterocycles. The number of carbonyl (C=O) groups is 3. The highest BCUT2D eigenvalue weighted by atomic mass is 16.4. The maximum absolute atomic E-state index is 12.5. The zero-order chi connectivity index (χ0) is 15.0. The minimum Gasteiger partial charge on any atom is -0.478 e. The first-order valence-corrected chi connectivity index (χ1v) is 7.35. The first kappa shape index (κ1) is 13.8. The van der Waals surface area contributed by atoms with Gasteiger partial charge in [0.05, 0.1) is 16.7 Å². The number of rotatable bonds is 2. The quantitative estimate of drug-likeness (QED) is 0.670. The van der Waals surface area contributed by atoms with Gasteiger partial charge in [0.15, 0.2) is 0 Å². The van der Waals surface area contributed by atoms with Gasteiger partial charge < -0.3 is 5.11 Å². The minimum absolute atomic E-state index is 0.0395. The molecule has 0 radical (unpaired) electrons. The van der Waals surface area contributed by atoms with Crippen LogP contribution in [0.2, 0.25) is 0 Å². The van der Waals surface area contributed by atoms with E-state index in [9.17, 15) is 14.4 Å². The highest BCUT2D eigenvalue weighted by Gasteiger charge is 2.40. The second-order valence-electron chi connectivity index (χ2n) is 5.69. The van der Waals surface area contributed by atoms with E-state index in [0.717, 1.165) is 38.5 Å². The summed E-state index contributed by atoms with van der Waals surface area (Å²) < 4.78 is 0. The number of carboxylic acids is 1. The molecule has 0 aromatic heterocycles. The summed E-state index contributed by atoms with van der Waals surface area (Å²) in [5.74, 6) is -1.71. The van der Waals surface area contributed by atoms with Gasteiger partial charge in [0.25, 0.3) is 11.8 Å². The standard InChI is InChI=1S/C16H17NO4/c18-14-12-8-7-10(16(20)21)9-13(12)15(19)17(14)11-5-3-1-2-4-6-11/h7-9,11H,1-6H2,(H,20,21). The molecule has 2 aliphatic rings. The van der Waals surface area contributed by atoms with Crippen LogP contribution in [-0.2, 0) is 0 Å². The van der Waals surface area contributed by atoms with Gasteiger partial charge in [0.2, 0.25) is 0 Å². The van der Waals surface area contributed by atoms with E-state index >= 15 is 0 Å². The van der Waals surface area contributed by atoms with Crippen LogP contribution in [-0.4, -0.2) is 33.8 Å². The summed E-state index contributed by atoms with van der Waals surface area (Å²) in [5.41, 5.74) is 0.594. The Morgan fingerprint density at radius 1 is 1.00 bits per heavy atom. The van der Waals surface area contributed by atoms with Crippen LogP contribution >= 0.6 is 0 Å². The lowest BCUT2D eigenvalue weighted by atomic mass is 10.1. The number of fused-ring (bicyclic) bond motifs is 1. The van der Waals surface area contributed by atoms with Crippen LogP contribution in [0.25, 0.3) is 0 Å². The minimum atomic E-state index is -1.09. The number of imide groups is 1. The van der Waals surface area contributed by atoms with Crippen molar-refractivity contribution in [3.63, 3.8) is 0 Å². The lowest BCUT2D eigenvalue weighted by Gasteiger charge is -2.24. The van der Waals surface area contributed by atoms with Crippen LogP contribution in [0.5, 0.6) is 0 Å². The van der Waals surface area contributed by atoms with E-state index in [2.05, 4.69) is 0 Å². The van der Waals surface area contributed by atoms with Gasteiger partial charge in [-0.15, -0.1) is 0 Å². The van der Waals surface area contributed by atoms with Gasteiger partial charge in [-0.1, -0.05) is 25.7 Å². The van der Waals surface area contributed by atoms with Crippen molar-refractivity contribution in [1.29, 1.82) is 0 Å². The summed E-state index contributed by atoms with van der Waals surface area (Å²) in [4.78, 5) is 37.3. The molecule has 110 valence electrons. The molecule has 1 aromatic rings. The molecule has 0 atom stereocenters. The summed E-state index contributed by atoms with van der Waals surface area (Å²) in [6, 6.07) is 4.10. The van der Waals surface area contributed by atoms with E-state index in [0.29, 0.717) is 5.56 Å². The molecule has 1 heterocycles. The number of amides is 2. The summed E-state index contributed by atoms with van der Waals surface area (Å²) in [5, 5.41) is 9.01. The molecule has 1 saturated carbocycles. The van der Waals surface area contributed by atoms with E-state index in [-0.39, 0.29) is 29.0 Å². The van der Waals surface area contributed by atoms with Gasteiger partial charge >= 0.3 is 5.97 Å². The Morgan fingerprint density at radius 2 is 1.62 bits per heavy atom. The molecule has 3 rings (SSSR count). The lowest BCUT2D eigenvalue weighted by Crippen LogP contribution is -2.39. The first-order valence-electron chi connectivity index (χ1n) is 7.35. The predicted octanol–water partition coefficient (Wildman–Crippen LogP) is 2.70.